The van der Waals surface area contributed by atoms with Gasteiger partial charge >= 0.3 is 5.97 Å². The first-order chi connectivity index (χ1) is 10.3. The molecule has 2 rings (SSSR count). The Morgan fingerprint density at radius 1 is 1.29 bits per heavy atom. The van der Waals surface area contributed by atoms with Crippen molar-refractivity contribution in [3.8, 4) is 0 Å². The number of carbonyl (C=O) groups excluding carboxylic acids is 1. The fourth-order valence-electron chi connectivity index (χ4n) is 3.09. The maximum absolute atomic E-state index is 11.8. The Morgan fingerprint density at radius 3 is 2.86 bits per heavy atom. The molecule has 2 atom stereocenters. The van der Waals surface area contributed by atoms with Gasteiger partial charge in [-0.05, 0) is 51.1 Å². The summed E-state index contributed by atoms with van der Waals surface area (Å²) in [7, 11) is 0. The molecule has 21 heavy (non-hydrogen) atoms. The van der Waals surface area contributed by atoms with Crippen LogP contribution in [0.5, 0.6) is 0 Å². The van der Waals surface area contributed by atoms with Gasteiger partial charge in [0.15, 0.2) is 0 Å². The standard InChI is InChI=1S/C18H27NO2/c1-2-21-18(20)16-11-6-12-17(14-16)19-13-7-10-15-8-4-3-5-9-15/h3-5,8-9,16-17,19H,2,6-7,10-14H2,1H3. The SMILES string of the molecule is CCOC(=O)C1CCCC(NCCCc2ccccc2)C1. The van der Waals surface area contributed by atoms with Crippen molar-refractivity contribution in [1.82, 2.24) is 5.32 Å². The number of benzene rings is 1. The number of aryl methyl sites for hydroxylation is 1. The van der Waals surface area contributed by atoms with E-state index in [1.54, 1.807) is 0 Å². The van der Waals surface area contributed by atoms with Crippen molar-refractivity contribution < 1.29 is 9.53 Å². The number of carbonyl (C=O) groups is 1. The molecule has 1 saturated carbocycles. The molecule has 0 bridgehead atoms. The van der Waals surface area contributed by atoms with Crippen LogP contribution >= 0.6 is 0 Å². The lowest BCUT2D eigenvalue weighted by Gasteiger charge is -2.28. The third-order valence-electron chi connectivity index (χ3n) is 4.21. The van der Waals surface area contributed by atoms with Gasteiger partial charge in [0, 0.05) is 6.04 Å². The maximum atomic E-state index is 11.8. The molecular formula is C18H27NO2. The zero-order valence-electron chi connectivity index (χ0n) is 13.0. The van der Waals surface area contributed by atoms with Gasteiger partial charge in [0.25, 0.3) is 0 Å². The van der Waals surface area contributed by atoms with Crippen LogP contribution in [0.2, 0.25) is 0 Å². The average molecular weight is 289 g/mol. The summed E-state index contributed by atoms with van der Waals surface area (Å²) in [4.78, 5) is 11.8. The monoisotopic (exact) mass is 289 g/mol. The summed E-state index contributed by atoms with van der Waals surface area (Å²) in [5.74, 6) is 0.0959. The third-order valence-corrected chi connectivity index (χ3v) is 4.21. The van der Waals surface area contributed by atoms with E-state index < -0.39 is 0 Å². The molecule has 2 unspecified atom stereocenters. The first kappa shape index (κ1) is 16.0. The van der Waals surface area contributed by atoms with E-state index in [9.17, 15) is 4.79 Å². The zero-order valence-corrected chi connectivity index (χ0v) is 13.0. The first-order valence-electron chi connectivity index (χ1n) is 8.23. The van der Waals surface area contributed by atoms with Crippen LogP contribution in [0.3, 0.4) is 0 Å². The second kappa shape index (κ2) is 8.83. The van der Waals surface area contributed by atoms with Gasteiger partial charge < -0.3 is 10.1 Å². The molecule has 1 aliphatic rings. The Kier molecular flexibility index (Phi) is 6.74. The zero-order chi connectivity index (χ0) is 14.9. The van der Waals surface area contributed by atoms with Crippen LogP contribution in [-0.2, 0) is 16.0 Å². The molecule has 0 aromatic heterocycles. The fourth-order valence-corrected chi connectivity index (χ4v) is 3.09. The molecule has 0 saturated heterocycles. The van der Waals surface area contributed by atoms with Crippen LogP contribution in [0, 0.1) is 5.92 Å². The molecule has 0 amide bonds. The van der Waals surface area contributed by atoms with E-state index in [-0.39, 0.29) is 11.9 Å². The van der Waals surface area contributed by atoms with E-state index in [1.807, 2.05) is 6.92 Å². The predicted molar refractivity (Wildman–Crippen MR) is 85.1 cm³/mol. The molecule has 3 nitrogen and oxygen atoms in total. The highest BCUT2D eigenvalue weighted by Gasteiger charge is 2.27. The van der Waals surface area contributed by atoms with Crippen molar-refractivity contribution >= 4 is 5.97 Å². The quantitative estimate of drug-likeness (QED) is 0.618. The lowest BCUT2D eigenvalue weighted by molar-refractivity contribution is -0.149. The summed E-state index contributed by atoms with van der Waals surface area (Å²) in [6.45, 7) is 3.39. The van der Waals surface area contributed by atoms with Crippen LogP contribution in [0.15, 0.2) is 30.3 Å². The minimum absolute atomic E-state index is 0.00622. The molecule has 1 fully saturated rings. The van der Waals surface area contributed by atoms with Crippen LogP contribution < -0.4 is 5.32 Å². The topological polar surface area (TPSA) is 38.3 Å². The Hall–Kier alpha value is -1.35. The Morgan fingerprint density at radius 2 is 2.10 bits per heavy atom. The van der Waals surface area contributed by atoms with Crippen molar-refractivity contribution in [2.45, 2.75) is 51.5 Å². The third kappa shape index (κ3) is 5.50. The van der Waals surface area contributed by atoms with Crippen LogP contribution in [0.4, 0.5) is 0 Å². The molecule has 116 valence electrons. The smallest absolute Gasteiger partial charge is 0.308 e. The highest BCUT2D eigenvalue weighted by atomic mass is 16.5. The summed E-state index contributed by atoms with van der Waals surface area (Å²) in [5, 5.41) is 3.61. The summed E-state index contributed by atoms with van der Waals surface area (Å²) in [5.41, 5.74) is 1.40. The van der Waals surface area contributed by atoms with E-state index >= 15 is 0 Å². The van der Waals surface area contributed by atoms with Crippen molar-refractivity contribution in [2.24, 2.45) is 5.92 Å². The average Bonchev–Trinajstić information content (AvgIpc) is 2.53. The van der Waals surface area contributed by atoms with Gasteiger partial charge in [-0.2, -0.15) is 0 Å². The molecule has 1 aromatic carbocycles. The van der Waals surface area contributed by atoms with Gasteiger partial charge in [-0.25, -0.2) is 0 Å². The number of nitrogens with one attached hydrogen (secondary N) is 1. The van der Waals surface area contributed by atoms with Gasteiger partial charge in [-0.1, -0.05) is 36.8 Å². The highest BCUT2D eigenvalue weighted by molar-refractivity contribution is 5.72. The molecular weight excluding hydrogens is 262 g/mol. The minimum atomic E-state index is -0.00622. The van der Waals surface area contributed by atoms with Gasteiger partial charge in [0.1, 0.15) is 0 Å². The van der Waals surface area contributed by atoms with Crippen molar-refractivity contribution in [2.75, 3.05) is 13.2 Å². The van der Waals surface area contributed by atoms with Crippen LogP contribution in [0.1, 0.15) is 44.6 Å². The molecule has 0 radical (unpaired) electrons. The number of esters is 1. The van der Waals surface area contributed by atoms with E-state index in [0.29, 0.717) is 12.6 Å². The van der Waals surface area contributed by atoms with Crippen molar-refractivity contribution in [3.05, 3.63) is 35.9 Å². The molecule has 0 aliphatic heterocycles. The predicted octanol–water partition coefficient (Wildman–Crippen LogP) is 3.33. The highest BCUT2D eigenvalue weighted by Crippen LogP contribution is 2.25. The number of hydrogen-bond acceptors (Lipinski definition) is 3. The minimum Gasteiger partial charge on any atom is -0.466 e. The van der Waals surface area contributed by atoms with E-state index in [2.05, 4.69) is 35.6 Å². The van der Waals surface area contributed by atoms with Gasteiger partial charge in [0.05, 0.1) is 12.5 Å². The molecule has 1 N–H and O–H groups in total. The Bertz CT molecular complexity index is 418. The van der Waals surface area contributed by atoms with Crippen molar-refractivity contribution in [3.63, 3.8) is 0 Å². The summed E-state index contributed by atoms with van der Waals surface area (Å²) in [6, 6.07) is 11.1. The van der Waals surface area contributed by atoms with Gasteiger partial charge in [-0.3, -0.25) is 4.79 Å². The molecule has 1 aliphatic carbocycles. The molecule has 0 spiro atoms. The maximum Gasteiger partial charge on any atom is 0.308 e. The molecule has 0 heterocycles. The number of ether oxygens (including phenoxy) is 1. The van der Waals surface area contributed by atoms with E-state index in [4.69, 9.17) is 4.74 Å². The van der Waals surface area contributed by atoms with Crippen LogP contribution in [-0.4, -0.2) is 25.2 Å². The first-order valence-corrected chi connectivity index (χ1v) is 8.23. The number of rotatable bonds is 7. The summed E-state index contributed by atoms with van der Waals surface area (Å²) < 4.78 is 5.15. The lowest BCUT2D eigenvalue weighted by atomic mass is 9.85. The summed E-state index contributed by atoms with van der Waals surface area (Å²) in [6.07, 6.45) is 6.48. The molecule has 3 heteroatoms. The summed E-state index contributed by atoms with van der Waals surface area (Å²) >= 11 is 0. The van der Waals surface area contributed by atoms with Crippen LogP contribution in [0.25, 0.3) is 0 Å². The Labute approximate surface area is 128 Å². The van der Waals surface area contributed by atoms with Gasteiger partial charge in [-0.15, -0.1) is 0 Å². The Balaban J connectivity index is 1.65. The lowest BCUT2D eigenvalue weighted by Crippen LogP contribution is -2.37. The van der Waals surface area contributed by atoms with E-state index in [1.165, 1.54) is 12.0 Å². The fraction of sp³-hybridized carbons (Fsp3) is 0.611. The number of hydrogen-bond donors (Lipinski definition) is 1. The largest absolute Gasteiger partial charge is 0.466 e. The molecule has 1 aromatic rings. The van der Waals surface area contributed by atoms with Crippen molar-refractivity contribution in [1.29, 1.82) is 0 Å². The van der Waals surface area contributed by atoms with Gasteiger partial charge in [0.2, 0.25) is 0 Å². The van der Waals surface area contributed by atoms with E-state index in [0.717, 1.165) is 38.6 Å². The normalized spacial score (nSPS) is 22.0. The second-order valence-corrected chi connectivity index (χ2v) is 5.86. The second-order valence-electron chi connectivity index (χ2n) is 5.86.